The Morgan fingerprint density at radius 3 is 2.05 bits per heavy atom. The van der Waals surface area contributed by atoms with Crippen molar-refractivity contribution < 1.29 is 34.1 Å². The Hall–Kier alpha value is -2.41. The topological polar surface area (TPSA) is 110 Å². The molecule has 0 aromatic carbocycles. The first-order valence-electron chi connectivity index (χ1n) is 5.95. The molecule has 0 fully saturated rings. The highest BCUT2D eigenvalue weighted by atomic mass is 16.6. The van der Waals surface area contributed by atoms with Gasteiger partial charge in [0, 0.05) is 0 Å². The average Bonchev–Trinajstić information content (AvgIpc) is 2.42. The molecule has 116 valence electrons. The van der Waals surface area contributed by atoms with Crippen molar-refractivity contribution in [1.82, 2.24) is 0 Å². The van der Waals surface area contributed by atoms with Crippen LogP contribution in [0.25, 0.3) is 0 Å². The summed E-state index contributed by atoms with van der Waals surface area (Å²) >= 11 is 0. The Bertz CT molecular complexity index is 441. The molecule has 0 rings (SSSR count). The van der Waals surface area contributed by atoms with Gasteiger partial charge in [-0.2, -0.15) is 0 Å². The SMILES string of the molecule is C=CCOC(=O)C(C=C)C(O)(CC(=O)O)C(=O)OCC=C. The molecule has 2 unspecified atom stereocenters. The number of hydrogen-bond donors (Lipinski definition) is 2. The number of rotatable bonds is 10. The molecule has 2 N–H and O–H groups in total. The summed E-state index contributed by atoms with van der Waals surface area (Å²) in [5.74, 6) is -5.36. The number of carbonyl (C=O) groups is 3. The molecule has 0 amide bonds. The molecule has 7 nitrogen and oxygen atoms in total. The second kappa shape index (κ2) is 8.70. The molecule has 0 radical (unpaired) electrons. The summed E-state index contributed by atoms with van der Waals surface area (Å²) in [6.07, 6.45) is 2.41. The van der Waals surface area contributed by atoms with Gasteiger partial charge in [-0.25, -0.2) is 4.79 Å². The van der Waals surface area contributed by atoms with E-state index in [-0.39, 0.29) is 13.2 Å². The van der Waals surface area contributed by atoms with Gasteiger partial charge in [-0.05, 0) is 0 Å². The van der Waals surface area contributed by atoms with Gasteiger partial charge in [-0.1, -0.05) is 31.4 Å². The van der Waals surface area contributed by atoms with Crippen LogP contribution in [0.1, 0.15) is 6.42 Å². The van der Waals surface area contributed by atoms with Crippen LogP contribution in [0.3, 0.4) is 0 Å². The molecule has 0 aliphatic heterocycles. The van der Waals surface area contributed by atoms with Gasteiger partial charge in [0.25, 0.3) is 0 Å². The predicted octanol–water partition coefficient (Wildman–Crippen LogP) is 0.453. The average molecular weight is 298 g/mol. The smallest absolute Gasteiger partial charge is 0.340 e. The Morgan fingerprint density at radius 2 is 1.62 bits per heavy atom. The lowest BCUT2D eigenvalue weighted by molar-refractivity contribution is -0.181. The first kappa shape index (κ1) is 18.6. The molecule has 0 saturated carbocycles. The fourth-order valence-electron chi connectivity index (χ4n) is 1.52. The summed E-state index contributed by atoms with van der Waals surface area (Å²) in [6, 6.07) is 0. The summed E-state index contributed by atoms with van der Waals surface area (Å²) in [5.41, 5.74) is -2.62. The van der Waals surface area contributed by atoms with Gasteiger partial charge in [-0.3, -0.25) is 9.59 Å². The maximum absolute atomic E-state index is 11.9. The summed E-state index contributed by atoms with van der Waals surface area (Å²) in [6.45, 7) is 9.58. The molecule has 0 saturated heterocycles. The molecule has 0 aliphatic carbocycles. The maximum atomic E-state index is 11.9. The van der Waals surface area contributed by atoms with Crippen molar-refractivity contribution in [1.29, 1.82) is 0 Å². The van der Waals surface area contributed by atoms with Crippen LogP contribution < -0.4 is 0 Å². The van der Waals surface area contributed by atoms with Gasteiger partial charge in [0.15, 0.2) is 5.60 Å². The minimum absolute atomic E-state index is 0.159. The van der Waals surface area contributed by atoms with Gasteiger partial charge >= 0.3 is 17.9 Å². The molecule has 0 aromatic rings. The van der Waals surface area contributed by atoms with Crippen LogP contribution in [0.15, 0.2) is 38.0 Å². The van der Waals surface area contributed by atoms with Gasteiger partial charge in [0.1, 0.15) is 19.1 Å². The van der Waals surface area contributed by atoms with E-state index in [0.717, 1.165) is 6.08 Å². The lowest BCUT2D eigenvalue weighted by Gasteiger charge is -2.29. The minimum atomic E-state index is -2.62. The Balaban J connectivity index is 5.40. The molecular formula is C14H18O7. The quantitative estimate of drug-likeness (QED) is 0.445. The standard InChI is InChI=1S/C14H18O7/c1-4-7-20-12(17)10(6-3)14(19,9-11(15)16)13(18)21-8-5-2/h4-6,10,19H,1-3,7-9H2,(H,15,16). The molecule has 0 heterocycles. The van der Waals surface area contributed by atoms with Gasteiger partial charge in [0.2, 0.25) is 0 Å². The van der Waals surface area contributed by atoms with Crippen molar-refractivity contribution in [2.45, 2.75) is 12.0 Å². The lowest BCUT2D eigenvalue weighted by Crippen LogP contribution is -2.51. The molecule has 21 heavy (non-hydrogen) atoms. The third-order valence-electron chi connectivity index (χ3n) is 2.45. The van der Waals surface area contributed by atoms with Crippen molar-refractivity contribution in [3.8, 4) is 0 Å². The second-order valence-corrected chi connectivity index (χ2v) is 4.01. The van der Waals surface area contributed by atoms with E-state index in [2.05, 4.69) is 24.5 Å². The van der Waals surface area contributed by atoms with Crippen molar-refractivity contribution >= 4 is 17.9 Å². The fraction of sp³-hybridized carbons (Fsp3) is 0.357. The highest BCUT2D eigenvalue weighted by Gasteiger charge is 2.50. The molecule has 0 bridgehead atoms. The Kier molecular flexibility index (Phi) is 7.70. The van der Waals surface area contributed by atoms with Crippen LogP contribution in [0, 0.1) is 5.92 Å². The van der Waals surface area contributed by atoms with Crippen LogP contribution in [-0.4, -0.2) is 46.9 Å². The first-order valence-corrected chi connectivity index (χ1v) is 5.95. The number of ether oxygens (including phenoxy) is 2. The number of carboxylic acid groups (broad SMARTS) is 1. The number of hydrogen-bond acceptors (Lipinski definition) is 6. The predicted molar refractivity (Wildman–Crippen MR) is 73.2 cm³/mol. The monoisotopic (exact) mass is 298 g/mol. The number of aliphatic carboxylic acids is 1. The zero-order valence-electron chi connectivity index (χ0n) is 11.5. The van der Waals surface area contributed by atoms with Crippen molar-refractivity contribution in [3.05, 3.63) is 38.0 Å². The zero-order chi connectivity index (χ0) is 16.5. The van der Waals surface area contributed by atoms with E-state index in [0.29, 0.717) is 0 Å². The molecule has 7 heteroatoms. The van der Waals surface area contributed by atoms with Crippen LogP contribution in [0.2, 0.25) is 0 Å². The third kappa shape index (κ3) is 5.23. The van der Waals surface area contributed by atoms with E-state index >= 15 is 0 Å². The highest BCUT2D eigenvalue weighted by molar-refractivity contribution is 5.92. The van der Waals surface area contributed by atoms with E-state index in [9.17, 15) is 19.5 Å². The van der Waals surface area contributed by atoms with E-state index < -0.39 is 35.8 Å². The zero-order valence-corrected chi connectivity index (χ0v) is 11.5. The summed E-state index contributed by atoms with van der Waals surface area (Å²) < 4.78 is 9.37. The van der Waals surface area contributed by atoms with E-state index in [4.69, 9.17) is 9.84 Å². The number of carbonyl (C=O) groups excluding carboxylic acids is 2. The van der Waals surface area contributed by atoms with Crippen LogP contribution in [-0.2, 0) is 23.9 Å². The maximum Gasteiger partial charge on any atom is 0.340 e. The van der Waals surface area contributed by atoms with Crippen LogP contribution in [0.5, 0.6) is 0 Å². The summed E-state index contributed by atoms with van der Waals surface area (Å²) in [5, 5.41) is 19.2. The number of esters is 2. The van der Waals surface area contributed by atoms with Gasteiger partial charge < -0.3 is 19.7 Å². The fourth-order valence-corrected chi connectivity index (χ4v) is 1.52. The molecule has 0 spiro atoms. The Labute approximate surface area is 122 Å². The summed E-state index contributed by atoms with van der Waals surface area (Å²) in [4.78, 5) is 34.6. The van der Waals surface area contributed by atoms with Crippen molar-refractivity contribution in [2.24, 2.45) is 5.92 Å². The number of carboxylic acids is 1. The van der Waals surface area contributed by atoms with Crippen molar-refractivity contribution in [2.75, 3.05) is 13.2 Å². The normalized spacial score (nSPS) is 14.1. The van der Waals surface area contributed by atoms with Gasteiger partial charge in [-0.15, -0.1) is 6.58 Å². The molecule has 2 atom stereocenters. The third-order valence-corrected chi connectivity index (χ3v) is 2.45. The second-order valence-electron chi connectivity index (χ2n) is 4.01. The largest absolute Gasteiger partial charge is 0.481 e. The number of aliphatic hydroxyl groups is 1. The molecule has 0 aromatic heterocycles. The van der Waals surface area contributed by atoms with Crippen molar-refractivity contribution in [3.63, 3.8) is 0 Å². The van der Waals surface area contributed by atoms with E-state index in [1.165, 1.54) is 12.2 Å². The molecular weight excluding hydrogens is 280 g/mol. The van der Waals surface area contributed by atoms with Crippen LogP contribution >= 0.6 is 0 Å². The molecule has 0 aliphatic rings. The van der Waals surface area contributed by atoms with Crippen LogP contribution in [0.4, 0.5) is 0 Å². The van der Waals surface area contributed by atoms with Gasteiger partial charge in [0.05, 0.1) is 6.42 Å². The summed E-state index contributed by atoms with van der Waals surface area (Å²) in [7, 11) is 0. The minimum Gasteiger partial charge on any atom is -0.481 e. The first-order chi connectivity index (χ1) is 9.83. The highest BCUT2D eigenvalue weighted by Crippen LogP contribution is 2.26. The Morgan fingerprint density at radius 1 is 1.10 bits per heavy atom. The van der Waals surface area contributed by atoms with E-state index in [1.807, 2.05) is 0 Å². The lowest BCUT2D eigenvalue weighted by atomic mass is 9.84. The van der Waals surface area contributed by atoms with E-state index in [1.54, 1.807) is 0 Å².